The summed E-state index contributed by atoms with van der Waals surface area (Å²) in [4.78, 5) is 0.607. The molecule has 1 heterocycles. The quantitative estimate of drug-likeness (QED) is 0.901. The van der Waals surface area contributed by atoms with Crippen LogP contribution in [0.15, 0.2) is 28.0 Å². The number of sulfone groups is 1. The number of hydrogen-bond donors (Lipinski definition) is 1. The lowest BCUT2D eigenvalue weighted by molar-refractivity contribution is 0.472. The summed E-state index contributed by atoms with van der Waals surface area (Å²) in [5, 5.41) is 9.59. The first-order valence-corrected chi connectivity index (χ1v) is 7.56. The molecule has 2 rings (SSSR count). The molecule has 3 nitrogen and oxygen atoms in total. The lowest BCUT2D eigenvalue weighted by Gasteiger charge is -2.02. The molecule has 0 spiro atoms. The van der Waals surface area contributed by atoms with Gasteiger partial charge in [-0.05, 0) is 24.0 Å². The molecule has 1 aliphatic rings. The van der Waals surface area contributed by atoms with Crippen LogP contribution in [0.1, 0.15) is 12.5 Å². The van der Waals surface area contributed by atoms with Crippen LogP contribution in [0.25, 0.3) is 6.08 Å². The van der Waals surface area contributed by atoms with E-state index in [1.165, 1.54) is 12.1 Å². The Hall–Kier alpha value is -0.940. The van der Waals surface area contributed by atoms with Crippen LogP contribution in [-0.2, 0) is 9.84 Å². The Morgan fingerprint density at radius 2 is 2.12 bits per heavy atom. The van der Waals surface area contributed by atoms with Crippen LogP contribution in [0.3, 0.4) is 0 Å². The summed E-state index contributed by atoms with van der Waals surface area (Å²) in [6, 6.07) is 4.58. The van der Waals surface area contributed by atoms with E-state index in [0.717, 1.165) is 5.75 Å². The molecular formula is C11H12O3S2. The van der Waals surface area contributed by atoms with Gasteiger partial charge in [0.25, 0.3) is 0 Å². The largest absolute Gasteiger partial charge is 0.507 e. The van der Waals surface area contributed by atoms with Gasteiger partial charge in [0, 0.05) is 11.3 Å². The van der Waals surface area contributed by atoms with E-state index in [0.29, 0.717) is 16.2 Å². The Kier molecular flexibility index (Phi) is 2.99. The highest BCUT2D eigenvalue weighted by Gasteiger charge is 2.30. The maximum atomic E-state index is 12.0. The Morgan fingerprint density at radius 3 is 2.75 bits per heavy atom. The van der Waals surface area contributed by atoms with Crippen molar-refractivity contribution in [3.05, 3.63) is 28.7 Å². The van der Waals surface area contributed by atoms with Gasteiger partial charge in [0.05, 0.1) is 9.80 Å². The second-order valence-electron chi connectivity index (χ2n) is 3.44. The van der Waals surface area contributed by atoms with E-state index in [2.05, 4.69) is 0 Å². The minimum atomic E-state index is -3.36. The summed E-state index contributed by atoms with van der Waals surface area (Å²) >= 11 is 1.56. The molecule has 86 valence electrons. The lowest BCUT2D eigenvalue weighted by Crippen LogP contribution is -2.02. The van der Waals surface area contributed by atoms with E-state index in [-0.39, 0.29) is 10.6 Å². The number of aromatic hydroxyl groups is 1. The van der Waals surface area contributed by atoms with Crippen molar-refractivity contribution in [2.75, 3.05) is 11.5 Å². The van der Waals surface area contributed by atoms with Crippen LogP contribution in [-0.4, -0.2) is 25.0 Å². The average molecular weight is 256 g/mol. The molecule has 0 radical (unpaired) electrons. The van der Waals surface area contributed by atoms with Gasteiger partial charge in [0.1, 0.15) is 5.75 Å². The molecular weight excluding hydrogens is 244 g/mol. The van der Waals surface area contributed by atoms with Gasteiger partial charge in [0.2, 0.25) is 9.84 Å². The Labute approximate surface area is 99.1 Å². The molecule has 0 atom stereocenters. The van der Waals surface area contributed by atoms with Gasteiger partial charge in [0.15, 0.2) is 0 Å². The van der Waals surface area contributed by atoms with Gasteiger partial charge >= 0.3 is 0 Å². The normalized spacial score (nSPS) is 16.9. The summed E-state index contributed by atoms with van der Waals surface area (Å²) in [5.41, 5.74) is 0.425. The molecule has 0 bridgehead atoms. The molecule has 5 heteroatoms. The monoisotopic (exact) mass is 256 g/mol. The number of fused-ring (bicyclic) bond motifs is 1. The third-order valence-corrected chi connectivity index (χ3v) is 5.43. The predicted octanol–water partition coefficient (Wildman–Crippen LogP) is 2.27. The first-order chi connectivity index (χ1) is 7.57. The van der Waals surface area contributed by atoms with Crippen LogP contribution in [0, 0.1) is 0 Å². The van der Waals surface area contributed by atoms with E-state index in [1.807, 2.05) is 6.92 Å². The molecule has 0 aliphatic carbocycles. The fourth-order valence-electron chi connectivity index (χ4n) is 1.61. The Bertz CT molecular complexity index is 544. The molecule has 1 N–H and O–H groups in total. The van der Waals surface area contributed by atoms with E-state index >= 15 is 0 Å². The minimum absolute atomic E-state index is 0.0255. The second-order valence-corrected chi connectivity index (χ2v) is 6.69. The predicted molar refractivity (Wildman–Crippen MR) is 66.3 cm³/mol. The first kappa shape index (κ1) is 11.5. The smallest absolute Gasteiger partial charge is 0.204 e. The highest BCUT2D eigenvalue weighted by atomic mass is 32.2. The van der Waals surface area contributed by atoms with Crippen molar-refractivity contribution in [2.24, 2.45) is 0 Å². The fourth-order valence-corrected chi connectivity index (χ4v) is 4.24. The molecule has 0 fully saturated rings. The van der Waals surface area contributed by atoms with Gasteiger partial charge in [-0.3, -0.25) is 0 Å². The zero-order valence-corrected chi connectivity index (χ0v) is 10.4. The second kappa shape index (κ2) is 4.14. The zero-order chi connectivity index (χ0) is 11.8. The number of thioether (sulfide) groups is 1. The van der Waals surface area contributed by atoms with Crippen molar-refractivity contribution in [1.29, 1.82) is 0 Å². The SMILES string of the molecule is CCSCC1=Cc2c(O)cccc2S1(=O)=O. The summed E-state index contributed by atoms with van der Waals surface area (Å²) in [6.07, 6.45) is 1.57. The molecule has 1 aromatic rings. The fraction of sp³-hybridized carbons (Fsp3) is 0.273. The Morgan fingerprint density at radius 1 is 1.38 bits per heavy atom. The third-order valence-electron chi connectivity index (χ3n) is 2.43. The first-order valence-electron chi connectivity index (χ1n) is 4.92. The van der Waals surface area contributed by atoms with Gasteiger partial charge < -0.3 is 5.11 Å². The number of phenols is 1. The van der Waals surface area contributed by atoms with Crippen molar-refractivity contribution in [1.82, 2.24) is 0 Å². The van der Waals surface area contributed by atoms with Gasteiger partial charge in [-0.1, -0.05) is 13.0 Å². The van der Waals surface area contributed by atoms with E-state index in [4.69, 9.17) is 0 Å². The number of phenolic OH excluding ortho intramolecular Hbond substituents is 1. The summed E-state index contributed by atoms with van der Waals surface area (Å²) in [7, 11) is -3.36. The summed E-state index contributed by atoms with van der Waals surface area (Å²) < 4.78 is 24.1. The summed E-state index contributed by atoms with van der Waals surface area (Å²) in [6.45, 7) is 1.98. The summed E-state index contributed by atoms with van der Waals surface area (Å²) in [5.74, 6) is 1.36. The van der Waals surface area contributed by atoms with Crippen LogP contribution in [0.2, 0.25) is 0 Å². The molecule has 1 aliphatic heterocycles. The van der Waals surface area contributed by atoms with Gasteiger partial charge in [-0.2, -0.15) is 11.8 Å². The topological polar surface area (TPSA) is 54.4 Å². The Balaban J connectivity index is 2.49. The van der Waals surface area contributed by atoms with Crippen molar-refractivity contribution in [3.63, 3.8) is 0 Å². The average Bonchev–Trinajstić information content (AvgIpc) is 2.50. The molecule has 0 aromatic heterocycles. The highest BCUT2D eigenvalue weighted by Crippen LogP contribution is 2.38. The number of rotatable bonds is 3. The van der Waals surface area contributed by atoms with Crippen molar-refractivity contribution >= 4 is 27.7 Å². The molecule has 0 saturated carbocycles. The lowest BCUT2D eigenvalue weighted by atomic mass is 10.2. The zero-order valence-electron chi connectivity index (χ0n) is 8.80. The number of hydrogen-bond acceptors (Lipinski definition) is 4. The van der Waals surface area contributed by atoms with Crippen LogP contribution in [0.4, 0.5) is 0 Å². The number of benzene rings is 1. The van der Waals surface area contributed by atoms with E-state index < -0.39 is 9.84 Å². The van der Waals surface area contributed by atoms with Crippen LogP contribution < -0.4 is 0 Å². The molecule has 0 unspecified atom stereocenters. The molecule has 0 saturated heterocycles. The van der Waals surface area contributed by atoms with Crippen molar-refractivity contribution in [2.45, 2.75) is 11.8 Å². The van der Waals surface area contributed by atoms with Crippen LogP contribution in [0.5, 0.6) is 5.75 Å². The van der Waals surface area contributed by atoms with Crippen molar-refractivity contribution in [3.8, 4) is 5.75 Å². The van der Waals surface area contributed by atoms with Crippen molar-refractivity contribution < 1.29 is 13.5 Å². The maximum Gasteiger partial charge on any atom is 0.204 e. The maximum absolute atomic E-state index is 12.0. The molecule has 0 amide bonds. The standard InChI is InChI=1S/C11H12O3S2/c1-2-15-7-8-6-9-10(12)4-3-5-11(9)16(8,13)14/h3-6,12H,2,7H2,1H3. The van der Waals surface area contributed by atoms with Crippen LogP contribution >= 0.6 is 11.8 Å². The van der Waals surface area contributed by atoms with E-state index in [1.54, 1.807) is 23.9 Å². The minimum Gasteiger partial charge on any atom is -0.507 e. The van der Waals surface area contributed by atoms with Gasteiger partial charge in [-0.15, -0.1) is 0 Å². The molecule has 1 aromatic carbocycles. The highest BCUT2D eigenvalue weighted by molar-refractivity contribution is 8.02. The third kappa shape index (κ3) is 1.74. The molecule has 16 heavy (non-hydrogen) atoms. The van der Waals surface area contributed by atoms with E-state index in [9.17, 15) is 13.5 Å². The van der Waals surface area contributed by atoms with Gasteiger partial charge in [-0.25, -0.2) is 8.42 Å².